The molecule has 108 valence electrons. The van der Waals surface area contributed by atoms with E-state index in [1.54, 1.807) is 0 Å². The Morgan fingerprint density at radius 3 is 2.68 bits per heavy atom. The van der Waals surface area contributed by atoms with Crippen molar-refractivity contribution in [2.75, 3.05) is 24.3 Å². The number of anilines is 2. The van der Waals surface area contributed by atoms with Gasteiger partial charge < -0.3 is 20.9 Å². The fourth-order valence-electron chi connectivity index (χ4n) is 1.89. The topological polar surface area (TPSA) is 67.5 Å². The first-order valence-corrected chi connectivity index (χ1v) is 6.98. The Morgan fingerprint density at radius 2 is 2.11 bits per heavy atom. The highest BCUT2D eigenvalue weighted by Crippen LogP contribution is 2.27. The average molecular weight is 266 g/mol. The number of aliphatic hydroxyl groups excluding tert-OH is 1. The number of benzene rings is 1. The van der Waals surface area contributed by atoms with E-state index in [0.717, 1.165) is 24.3 Å². The molecule has 0 aliphatic heterocycles. The molecule has 4 N–H and O–H groups in total. The van der Waals surface area contributed by atoms with E-state index in [2.05, 4.69) is 26.1 Å². The van der Waals surface area contributed by atoms with Crippen LogP contribution in [-0.2, 0) is 0 Å². The highest BCUT2D eigenvalue weighted by molar-refractivity contribution is 5.61. The first-order valence-electron chi connectivity index (χ1n) is 6.98. The van der Waals surface area contributed by atoms with E-state index >= 15 is 0 Å². The highest BCUT2D eigenvalue weighted by Gasteiger charge is 2.13. The van der Waals surface area contributed by atoms with Gasteiger partial charge in [0.2, 0.25) is 0 Å². The predicted molar refractivity (Wildman–Crippen MR) is 80.6 cm³/mol. The van der Waals surface area contributed by atoms with Crippen molar-refractivity contribution in [2.45, 2.75) is 39.7 Å². The number of nitrogen functional groups attached to an aromatic ring is 1. The number of nitrogens with one attached hydrogen (secondary N) is 1. The van der Waals surface area contributed by atoms with Crippen LogP contribution in [0.15, 0.2) is 18.2 Å². The summed E-state index contributed by atoms with van der Waals surface area (Å²) in [6.45, 7) is 7.19. The molecule has 1 atom stereocenters. The fraction of sp³-hybridized carbons (Fsp3) is 0.600. The number of hydrogen-bond donors (Lipinski definition) is 3. The van der Waals surface area contributed by atoms with Gasteiger partial charge in [-0.25, -0.2) is 0 Å². The Bertz CT molecular complexity index is 380. The maximum absolute atomic E-state index is 9.09. The molecule has 0 heterocycles. The molecule has 19 heavy (non-hydrogen) atoms. The van der Waals surface area contributed by atoms with E-state index in [1.165, 1.54) is 0 Å². The lowest BCUT2D eigenvalue weighted by atomic mass is 10.0. The van der Waals surface area contributed by atoms with Crippen LogP contribution >= 0.6 is 0 Å². The molecule has 1 aromatic rings. The van der Waals surface area contributed by atoms with Crippen molar-refractivity contribution in [3.05, 3.63) is 18.2 Å². The van der Waals surface area contributed by atoms with Crippen LogP contribution in [0.5, 0.6) is 5.75 Å². The lowest BCUT2D eigenvalue weighted by Crippen LogP contribution is -2.26. The van der Waals surface area contributed by atoms with Gasteiger partial charge >= 0.3 is 0 Å². The van der Waals surface area contributed by atoms with Gasteiger partial charge in [0.15, 0.2) is 0 Å². The highest BCUT2D eigenvalue weighted by atomic mass is 16.5. The molecule has 0 amide bonds. The van der Waals surface area contributed by atoms with Gasteiger partial charge in [0.25, 0.3) is 0 Å². The number of rotatable bonds is 8. The Morgan fingerprint density at radius 1 is 1.37 bits per heavy atom. The van der Waals surface area contributed by atoms with Crippen LogP contribution in [0.4, 0.5) is 11.4 Å². The molecule has 0 saturated carbocycles. The number of hydrogen-bond acceptors (Lipinski definition) is 4. The molecule has 0 aromatic heterocycles. The maximum Gasteiger partial charge on any atom is 0.144 e. The van der Waals surface area contributed by atoms with Crippen LogP contribution in [0.25, 0.3) is 0 Å². The van der Waals surface area contributed by atoms with Crippen molar-refractivity contribution in [1.29, 1.82) is 0 Å². The molecule has 1 unspecified atom stereocenters. The lowest BCUT2D eigenvalue weighted by molar-refractivity contribution is 0.267. The summed E-state index contributed by atoms with van der Waals surface area (Å²) in [6.07, 6.45) is 1.68. The zero-order valence-electron chi connectivity index (χ0n) is 12.1. The summed E-state index contributed by atoms with van der Waals surface area (Å²) in [5.74, 6) is 1.17. The Hall–Kier alpha value is -1.42. The first-order chi connectivity index (χ1) is 9.08. The van der Waals surface area contributed by atoms with E-state index in [0.29, 0.717) is 18.2 Å². The molecule has 0 bridgehead atoms. The van der Waals surface area contributed by atoms with Gasteiger partial charge in [-0.1, -0.05) is 20.8 Å². The number of ether oxygens (including phenoxy) is 1. The minimum atomic E-state index is 0.185. The van der Waals surface area contributed by atoms with Gasteiger partial charge in [0.1, 0.15) is 5.75 Å². The zero-order chi connectivity index (χ0) is 14.3. The molecule has 0 fully saturated rings. The van der Waals surface area contributed by atoms with Crippen LogP contribution in [0.1, 0.15) is 33.6 Å². The van der Waals surface area contributed by atoms with Crippen LogP contribution in [-0.4, -0.2) is 24.4 Å². The maximum atomic E-state index is 9.09. The molecule has 1 aromatic carbocycles. The van der Waals surface area contributed by atoms with E-state index in [9.17, 15) is 0 Å². The molecule has 0 spiro atoms. The third-order valence-corrected chi connectivity index (χ3v) is 3.07. The second kappa shape index (κ2) is 7.89. The standard InChI is InChI=1S/C15H26N2O2/c1-4-9-19-15-10-12(5-6-13(15)16)17-14(7-8-18)11(2)3/h5-6,10-11,14,17-18H,4,7-9,16H2,1-3H3. The van der Waals surface area contributed by atoms with Gasteiger partial charge in [0.05, 0.1) is 12.3 Å². The van der Waals surface area contributed by atoms with Crippen molar-refractivity contribution in [3.8, 4) is 5.75 Å². The molecule has 4 nitrogen and oxygen atoms in total. The van der Waals surface area contributed by atoms with Crippen molar-refractivity contribution in [2.24, 2.45) is 5.92 Å². The lowest BCUT2D eigenvalue weighted by Gasteiger charge is -2.23. The van der Waals surface area contributed by atoms with Crippen LogP contribution in [0.3, 0.4) is 0 Å². The van der Waals surface area contributed by atoms with Crippen molar-refractivity contribution < 1.29 is 9.84 Å². The van der Waals surface area contributed by atoms with E-state index < -0.39 is 0 Å². The number of nitrogens with two attached hydrogens (primary N) is 1. The number of aliphatic hydroxyl groups is 1. The van der Waals surface area contributed by atoms with Gasteiger partial charge in [-0.3, -0.25) is 0 Å². The quantitative estimate of drug-likeness (QED) is 0.633. The molecule has 0 radical (unpaired) electrons. The summed E-state index contributed by atoms with van der Waals surface area (Å²) in [6, 6.07) is 5.97. The third kappa shape index (κ3) is 4.99. The second-order valence-electron chi connectivity index (χ2n) is 5.11. The van der Waals surface area contributed by atoms with Crippen LogP contribution in [0, 0.1) is 5.92 Å². The summed E-state index contributed by atoms with van der Waals surface area (Å²) in [5.41, 5.74) is 7.52. The normalized spacial score (nSPS) is 12.5. The van der Waals surface area contributed by atoms with E-state index in [-0.39, 0.29) is 12.6 Å². The Balaban J connectivity index is 2.76. The monoisotopic (exact) mass is 266 g/mol. The smallest absolute Gasteiger partial charge is 0.144 e. The minimum absolute atomic E-state index is 0.185. The summed E-state index contributed by atoms with van der Waals surface area (Å²) in [4.78, 5) is 0. The molecule has 4 heteroatoms. The summed E-state index contributed by atoms with van der Waals surface area (Å²) < 4.78 is 5.61. The molecular formula is C15H26N2O2. The molecule has 0 aliphatic carbocycles. The zero-order valence-corrected chi connectivity index (χ0v) is 12.1. The van der Waals surface area contributed by atoms with E-state index in [4.69, 9.17) is 15.6 Å². The average Bonchev–Trinajstić information content (AvgIpc) is 2.38. The summed E-state index contributed by atoms with van der Waals surface area (Å²) in [7, 11) is 0. The van der Waals surface area contributed by atoms with Gasteiger partial charge in [0, 0.05) is 24.4 Å². The Kier molecular flexibility index (Phi) is 6.50. The second-order valence-corrected chi connectivity index (χ2v) is 5.11. The molecular weight excluding hydrogens is 240 g/mol. The van der Waals surface area contributed by atoms with Gasteiger partial charge in [-0.2, -0.15) is 0 Å². The molecule has 0 saturated heterocycles. The van der Waals surface area contributed by atoms with Crippen LogP contribution in [0.2, 0.25) is 0 Å². The van der Waals surface area contributed by atoms with Gasteiger partial charge in [-0.15, -0.1) is 0 Å². The first kappa shape index (κ1) is 15.6. The third-order valence-electron chi connectivity index (χ3n) is 3.07. The predicted octanol–water partition coefficient (Wildman–Crippen LogP) is 2.88. The summed E-state index contributed by atoms with van der Waals surface area (Å²) >= 11 is 0. The molecule has 0 aliphatic rings. The SMILES string of the molecule is CCCOc1cc(NC(CCO)C(C)C)ccc1N. The largest absolute Gasteiger partial charge is 0.491 e. The minimum Gasteiger partial charge on any atom is -0.491 e. The van der Waals surface area contributed by atoms with Gasteiger partial charge in [-0.05, 0) is 30.9 Å². The molecule has 1 rings (SSSR count). The summed E-state index contributed by atoms with van der Waals surface area (Å²) in [5, 5.41) is 12.5. The van der Waals surface area contributed by atoms with Crippen molar-refractivity contribution in [1.82, 2.24) is 0 Å². The van der Waals surface area contributed by atoms with Crippen molar-refractivity contribution in [3.63, 3.8) is 0 Å². The fourth-order valence-corrected chi connectivity index (χ4v) is 1.89. The van der Waals surface area contributed by atoms with Crippen molar-refractivity contribution >= 4 is 11.4 Å². The van der Waals surface area contributed by atoms with E-state index in [1.807, 2.05) is 18.2 Å². The Labute approximate surface area is 116 Å². The van der Waals surface area contributed by atoms with Crippen LogP contribution < -0.4 is 15.8 Å².